The minimum absolute atomic E-state index is 0.415. The fraction of sp³-hybridized carbons (Fsp3) is 0.182. The van der Waals surface area contributed by atoms with Crippen LogP contribution in [-0.2, 0) is 13.0 Å². The molecule has 0 atom stereocenters. The molecule has 0 bridgehead atoms. The third-order valence-electron chi connectivity index (χ3n) is 5.22. The lowest BCUT2D eigenvalue weighted by molar-refractivity contribution is 0.100. The Morgan fingerprint density at radius 2 is 2.03 bits per heavy atom. The van der Waals surface area contributed by atoms with Crippen molar-refractivity contribution < 1.29 is 4.79 Å². The maximum absolute atomic E-state index is 11.8. The molecule has 1 aliphatic rings. The topological polar surface area (TPSA) is 110 Å². The van der Waals surface area contributed by atoms with Gasteiger partial charge in [-0.15, -0.1) is 0 Å². The Bertz CT molecular complexity index is 1230. The lowest BCUT2D eigenvalue weighted by atomic mass is 10.1. The molecule has 0 saturated heterocycles. The second-order valence-corrected chi connectivity index (χ2v) is 7.21. The summed E-state index contributed by atoms with van der Waals surface area (Å²) in [5, 5.41) is 6.87. The summed E-state index contributed by atoms with van der Waals surface area (Å²) in [5.41, 5.74) is 9.63. The molecule has 0 saturated carbocycles. The molecule has 0 radical (unpaired) electrons. The number of carbonyl (C=O) groups excluding carboxylic acids is 1. The van der Waals surface area contributed by atoms with Crippen molar-refractivity contribution in [1.82, 2.24) is 19.4 Å². The first-order valence-corrected chi connectivity index (χ1v) is 9.89. The lowest BCUT2D eigenvalue weighted by Gasteiger charge is -2.21. The van der Waals surface area contributed by atoms with Crippen molar-refractivity contribution in [3.05, 3.63) is 71.7 Å². The van der Waals surface area contributed by atoms with Crippen LogP contribution >= 0.6 is 0 Å². The van der Waals surface area contributed by atoms with Crippen LogP contribution in [0.3, 0.4) is 0 Å². The summed E-state index contributed by atoms with van der Waals surface area (Å²) in [7, 11) is 0. The van der Waals surface area contributed by atoms with Gasteiger partial charge in [0.15, 0.2) is 17.5 Å². The Morgan fingerprint density at radius 1 is 1.17 bits per heavy atom. The van der Waals surface area contributed by atoms with Crippen LogP contribution in [0.4, 0.5) is 11.5 Å². The van der Waals surface area contributed by atoms with Crippen molar-refractivity contribution in [2.24, 2.45) is 5.73 Å². The highest BCUT2D eigenvalue weighted by Gasteiger charge is 2.21. The van der Waals surface area contributed by atoms with E-state index < -0.39 is 5.91 Å². The van der Waals surface area contributed by atoms with E-state index in [9.17, 15) is 4.79 Å². The van der Waals surface area contributed by atoms with Crippen LogP contribution in [-0.4, -0.2) is 31.8 Å². The number of nitrogens with zero attached hydrogens (tertiary/aromatic N) is 4. The molecule has 1 amide bonds. The second kappa shape index (κ2) is 7.47. The molecule has 150 valence electrons. The fourth-order valence-electron chi connectivity index (χ4n) is 3.75. The van der Waals surface area contributed by atoms with Gasteiger partial charge >= 0.3 is 0 Å². The van der Waals surface area contributed by atoms with Crippen LogP contribution in [0.2, 0.25) is 0 Å². The average Bonchev–Trinajstić information content (AvgIpc) is 3.22. The van der Waals surface area contributed by atoms with Crippen LogP contribution < -0.4 is 16.4 Å². The number of carbonyl (C=O) groups is 1. The zero-order valence-electron chi connectivity index (χ0n) is 16.3. The Kier molecular flexibility index (Phi) is 4.51. The molecule has 8 heteroatoms. The van der Waals surface area contributed by atoms with Crippen LogP contribution in [0, 0.1) is 0 Å². The zero-order valence-corrected chi connectivity index (χ0v) is 16.3. The predicted molar refractivity (Wildman–Crippen MR) is 115 cm³/mol. The Balaban J connectivity index is 1.58. The van der Waals surface area contributed by atoms with Crippen molar-refractivity contribution in [2.45, 2.75) is 19.4 Å². The van der Waals surface area contributed by atoms with Crippen molar-refractivity contribution in [1.29, 1.82) is 0 Å². The molecule has 30 heavy (non-hydrogen) atoms. The van der Waals surface area contributed by atoms with Crippen molar-refractivity contribution in [3.8, 4) is 11.6 Å². The van der Waals surface area contributed by atoms with Gasteiger partial charge in [0.1, 0.15) is 0 Å². The van der Waals surface area contributed by atoms with Gasteiger partial charge in [0.2, 0.25) is 0 Å². The molecule has 4 N–H and O–H groups in total. The summed E-state index contributed by atoms with van der Waals surface area (Å²) in [5.74, 6) is 1.34. The number of imidazole rings is 1. The number of aromatic nitrogens is 4. The Morgan fingerprint density at radius 3 is 2.87 bits per heavy atom. The van der Waals surface area contributed by atoms with Gasteiger partial charge in [0.05, 0.1) is 28.7 Å². The van der Waals surface area contributed by atoms with Gasteiger partial charge in [0.25, 0.3) is 5.91 Å². The quantitative estimate of drug-likeness (QED) is 0.476. The molecule has 4 aromatic rings. The summed E-state index contributed by atoms with van der Waals surface area (Å²) < 4.78 is 1.80. The molecule has 1 aliphatic heterocycles. The molecule has 1 aromatic carbocycles. The van der Waals surface area contributed by atoms with Crippen LogP contribution in [0.5, 0.6) is 0 Å². The molecule has 8 nitrogen and oxygen atoms in total. The number of hydrogen-bond donors (Lipinski definition) is 3. The number of fused-ring (bicyclic) bond motifs is 2. The van der Waals surface area contributed by atoms with E-state index in [0.717, 1.165) is 36.6 Å². The second-order valence-electron chi connectivity index (χ2n) is 7.21. The van der Waals surface area contributed by atoms with Gasteiger partial charge in [-0.1, -0.05) is 30.3 Å². The third-order valence-corrected chi connectivity index (χ3v) is 5.22. The van der Waals surface area contributed by atoms with Gasteiger partial charge in [-0.2, -0.15) is 0 Å². The third kappa shape index (κ3) is 3.22. The summed E-state index contributed by atoms with van der Waals surface area (Å²) in [4.78, 5) is 25.8. The molecule has 0 aliphatic carbocycles. The molecule has 0 unspecified atom stereocenters. The monoisotopic (exact) mass is 399 g/mol. The summed E-state index contributed by atoms with van der Waals surface area (Å²) >= 11 is 0. The SMILES string of the molecule is NC(=O)c1cccn2c(-c3nc4c(c(NCc5ccccc5)n3)NCCC4)ncc12. The van der Waals surface area contributed by atoms with E-state index in [2.05, 4.69) is 27.8 Å². The molecular weight excluding hydrogens is 378 g/mol. The number of rotatable bonds is 5. The van der Waals surface area contributed by atoms with Crippen molar-refractivity contribution >= 4 is 22.9 Å². The van der Waals surface area contributed by atoms with E-state index in [1.165, 1.54) is 5.56 Å². The minimum atomic E-state index is -0.493. The van der Waals surface area contributed by atoms with E-state index in [4.69, 9.17) is 15.7 Å². The standard InChI is InChI=1S/C22H21N7O/c23-19(30)15-8-5-11-29-17(15)13-26-22(29)21-27-16-9-4-10-24-18(16)20(28-21)25-12-14-6-2-1-3-7-14/h1-3,5-8,11,13,24H,4,9-10,12H2,(H2,23,30)(H,25,27,28). The summed E-state index contributed by atoms with van der Waals surface area (Å²) in [6.07, 6.45) is 5.35. The van der Waals surface area contributed by atoms with Gasteiger partial charge in [-0.25, -0.2) is 15.0 Å². The minimum Gasteiger partial charge on any atom is -0.381 e. The largest absolute Gasteiger partial charge is 0.381 e. The van der Waals surface area contributed by atoms with Crippen LogP contribution in [0.1, 0.15) is 28.0 Å². The maximum Gasteiger partial charge on any atom is 0.250 e. The van der Waals surface area contributed by atoms with E-state index in [0.29, 0.717) is 29.3 Å². The number of primary amides is 1. The molecular formula is C22H21N7O. The van der Waals surface area contributed by atoms with E-state index in [-0.39, 0.29) is 0 Å². The first kappa shape index (κ1) is 18.1. The number of anilines is 2. The average molecular weight is 399 g/mol. The first-order valence-electron chi connectivity index (χ1n) is 9.89. The smallest absolute Gasteiger partial charge is 0.250 e. The van der Waals surface area contributed by atoms with Gasteiger partial charge < -0.3 is 16.4 Å². The molecule has 3 aromatic heterocycles. The molecule has 5 rings (SSSR count). The van der Waals surface area contributed by atoms with E-state index in [1.54, 1.807) is 22.7 Å². The summed E-state index contributed by atoms with van der Waals surface area (Å²) in [6.45, 7) is 1.55. The molecule has 4 heterocycles. The zero-order chi connectivity index (χ0) is 20.5. The highest BCUT2D eigenvalue weighted by atomic mass is 16.1. The van der Waals surface area contributed by atoms with Crippen LogP contribution in [0.25, 0.3) is 17.2 Å². The predicted octanol–water partition coefficient (Wildman–Crippen LogP) is 2.86. The summed E-state index contributed by atoms with van der Waals surface area (Å²) in [6, 6.07) is 13.6. The fourth-order valence-corrected chi connectivity index (χ4v) is 3.75. The highest BCUT2D eigenvalue weighted by Crippen LogP contribution is 2.31. The van der Waals surface area contributed by atoms with E-state index >= 15 is 0 Å². The molecule has 0 fully saturated rings. The van der Waals surface area contributed by atoms with Gasteiger partial charge in [-0.05, 0) is 30.5 Å². The number of amides is 1. The Hall–Kier alpha value is -3.94. The molecule has 0 spiro atoms. The normalized spacial score (nSPS) is 12.9. The van der Waals surface area contributed by atoms with Gasteiger partial charge in [0, 0.05) is 19.3 Å². The lowest BCUT2D eigenvalue weighted by Crippen LogP contribution is -2.18. The highest BCUT2D eigenvalue weighted by molar-refractivity contribution is 5.99. The first-order chi connectivity index (χ1) is 14.7. The van der Waals surface area contributed by atoms with Gasteiger partial charge in [-0.3, -0.25) is 9.20 Å². The number of aryl methyl sites for hydroxylation is 1. The van der Waals surface area contributed by atoms with Crippen molar-refractivity contribution in [3.63, 3.8) is 0 Å². The number of nitrogens with one attached hydrogen (secondary N) is 2. The van der Waals surface area contributed by atoms with Crippen LogP contribution in [0.15, 0.2) is 54.9 Å². The number of benzene rings is 1. The number of nitrogens with two attached hydrogens (primary N) is 1. The Labute approximate surface area is 173 Å². The maximum atomic E-state index is 11.8. The number of hydrogen-bond acceptors (Lipinski definition) is 6. The van der Waals surface area contributed by atoms with Crippen molar-refractivity contribution in [2.75, 3.05) is 17.2 Å². The van der Waals surface area contributed by atoms with E-state index in [1.807, 2.05) is 24.4 Å². The number of pyridine rings is 1.